The average molecular weight is 386 g/mol. The molecule has 0 radical (unpaired) electrons. The minimum absolute atomic E-state index is 0.0489. The van der Waals surface area contributed by atoms with Crippen molar-refractivity contribution in [2.75, 3.05) is 30.4 Å². The second-order valence-corrected chi connectivity index (χ2v) is 6.12. The van der Waals surface area contributed by atoms with Crippen molar-refractivity contribution in [1.29, 1.82) is 0 Å². The summed E-state index contributed by atoms with van der Waals surface area (Å²) in [5, 5.41) is 4.73. The highest BCUT2D eigenvalue weighted by Gasteiger charge is 2.34. The maximum absolute atomic E-state index is 13.0. The van der Waals surface area contributed by atoms with Crippen LogP contribution in [0.1, 0.15) is 12.0 Å². The fourth-order valence-corrected chi connectivity index (χ4v) is 2.53. The van der Waals surface area contributed by atoms with Crippen LogP contribution in [0.5, 0.6) is 0 Å². The summed E-state index contributed by atoms with van der Waals surface area (Å²) in [6.45, 7) is 1.02. The van der Waals surface area contributed by atoms with Crippen molar-refractivity contribution in [3.05, 3.63) is 59.1 Å². The predicted octanol–water partition coefficient (Wildman–Crippen LogP) is 5.01. The first-order chi connectivity index (χ1) is 12.3. The van der Waals surface area contributed by atoms with E-state index in [4.69, 9.17) is 11.6 Å². The molecule has 0 aliphatic carbocycles. The van der Waals surface area contributed by atoms with Gasteiger partial charge in [0, 0.05) is 30.8 Å². The molecular weight excluding hydrogens is 367 g/mol. The topological polar surface area (TPSA) is 44.4 Å². The summed E-state index contributed by atoms with van der Waals surface area (Å²) < 4.78 is 39.0. The van der Waals surface area contributed by atoms with Crippen LogP contribution in [0.15, 0.2) is 48.5 Å². The van der Waals surface area contributed by atoms with Crippen molar-refractivity contribution >= 4 is 29.0 Å². The van der Waals surface area contributed by atoms with Crippen LogP contribution in [0.4, 0.5) is 29.3 Å². The summed E-state index contributed by atoms with van der Waals surface area (Å²) in [7, 11) is 1.93. The molecular formula is C18H19ClF3N3O. The smallest absolute Gasteiger partial charge is 0.375 e. The van der Waals surface area contributed by atoms with Gasteiger partial charge in [-0.25, -0.2) is 4.79 Å². The van der Waals surface area contributed by atoms with E-state index in [1.54, 1.807) is 0 Å². The lowest BCUT2D eigenvalue weighted by atomic mass is 10.1. The van der Waals surface area contributed by atoms with Gasteiger partial charge in [0.1, 0.15) is 0 Å². The molecule has 0 fully saturated rings. The van der Waals surface area contributed by atoms with Crippen LogP contribution in [0.3, 0.4) is 0 Å². The summed E-state index contributed by atoms with van der Waals surface area (Å²) in [4.78, 5) is 13.9. The normalized spacial score (nSPS) is 11.1. The van der Waals surface area contributed by atoms with Crippen LogP contribution >= 0.6 is 11.6 Å². The lowest BCUT2D eigenvalue weighted by Gasteiger charge is -2.19. The average Bonchev–Trinajstić information content (AvgIpc) is 2.60. The molecule has 0 saturated carbocycles. The molecule has 0 aliphatic rings. The molecule has 0 aromatic heterocycles. The van der Waals surface area contributed by atoms with E-state index in [1.165, 1.54) is 6.07 Å². The summed E-state index contributed by atoms with van der Waals surface area (Å²) in [6.07, 6.45) is -3.96. The number of nitrogens with one attached hydrogen (secondary N) is 2. The Balaban J connectivity index is 1.83. The zero-order valence-corrected chi connectivity index (χ0v) is 14.9. The molecule has 0 atom stereocenters. The summed E-state index contributed by atoms with van der Waals surface area (Å²) in [5.74, 6) is 0. The Morgan fingerprint density at radius 3 is 2.50 bits per heavy atom. The lowest BCUT2D eigenvalue weighted by Crippen LogP contribution is -2.32. The van der Waals surface area contributed by atoms with Crippen molar-refractivity contribution in [3.8, 4) is 0 Å². The first-order valence-electron chi connectivity index (χ1n) is 7.95. The van der Waals surface area contributed by atoms with E-state index in [2.05, 4.69) is 10.6 Å². The van der Waals surface area contributed by atoms with Crippen molar-refractivity contribution in [3.63, 3.8) is 0 Å². The number of anilines is 2. The third-order valence-electron chi connectivity index (χ3n) is 3.69. The van der Waals surface area contributed by atoms with Crippen molar-refractivity contribution in [2.24, 2.45) is 0 Å². The molecule has 0 heterocycles. The van der Waals surface area contributed by atoms with Crippen LogP contribution in [-0.2, 0) is 6.18 Å². The van der Waals surface area contributed by atoms with E-state index in [-0.39, 0.29) is 10.7 Å². The van der Waals surface area contributed by atoms with Gasteiger partial charge in [0.15, 0.2) is 0 Å². The fourth-order valence-electron chi connectivity index (χ4n) is 2.36. The Bertz CT molecular complexity index is 738. The van der Waals surface area contributed by atoms with Crippen LogP contribution in [0.2, 0.25) is 5.02 Å². The summed E-state index contributed by atoms with van der Waals surface area (Å²) in [6, 6.07) is 12.2. The van der Waals surface area contributed by atoms with Gasteiger partial charge in [0.25, 0.3) is 0 Å². The van der Waals surface area contributed by atoms with Crippen molar-refractivity contribution < 1.29 is 18.0 Å². The number of alkyl halides is 3. The van der Waals surface area contributed by atoms with E-state index in [0.717, 1.165) is 17.8 Å². The molecule has 0 bridgehead atoms. The molecule has 140 valence electrons. The highest BCUT2D eigenvalue weighted by Crippen LogP contribution is 2.36. The second-order valence-electron chi connectivity index (χ2n) is 5.68. The molecule has 0 unspecified atom stereocenters. The molecule has 2 rings (SSSR count). The van der Waals surface area contributed by atoms with Gasteiger partial charge in [-0.3, -0.25) is 0 Å². The SMILES string of the molecule is CN(CCCNC(=O)Nc1ccc(Cl)cc1C(F)(F)F)c1ccccc1. The predicted molar refractivity (Wildman–Crippen MR) is 97.8 cm³/mol. The zero-order valence-electron chi connectivity index (χ0n) is 14.1. The van der Waals surface area contributed by atoms with Gasteiger partial charge in [-0.15, -0.1) is 0 Å². The van der Waals surface area contributed by atoms with E-state index < -0.39 is 17.8 Å². The number of benzene rings is 2. The van der Waals surface area contributed by atoms with Gasteiger partial charge >= 0.3 is 12.2 Å². The molecule has 2 N–H and O–H groups in total. The Kier molecular flexibility index (Phi) is 6.74. The number of nitrogens with zero attached hydrogens (tertiary/aromatic N) is 1. The van der Waals surface area contributed by atoms with Crippen molar-refractivity contribution in [1.82, 2.24) is 5.32 Å². The number of carbonyl (C=O) groups is 1. The maximum atomic E-state index is 13.0. The minimum atomic E-state index is -4.61. The van der Waals surface area contributed by atoms with Crippen LogP contribution in [-0.4, -0.2) is 26.2 Å². The van der Waals surface area contributed by atoms with Gasteiger partial charge in [0.05, 0.1) is 11.3 Å². The Morgan fingerprint density at radius 2 is 1.85 bits per heavy atom. The van der Waals surface area contributed by atoms with Crippen molar-refractivity contribution in [2.45, 2.75) is 12.6 Å². The Labute approximate surface area is 154 Å². The third kappa shape index (κ3) is 5.84. The molecule has 0 aliphatic heterocycles. The molecule has 2 amide bonds. The lowest BCUT2D eigenvalue weighted by molar-refractivity contribution is -0.136. The molecule has 2 aromatic rings. The van der Waals surface area contributed by atoms with Crippen LogP contribution < -0.4 is 15.5 Å². The number of para-hydroxylation sites is 1. The highest BCUT2D eigenvalue weighted by atomic mass is 35.5. The first kappa shape index (κ1) is 19.9. The summed E-state index contributed by atoms with van der Waals surface area (Å²) in [5.41, 5.74) is -0.266. The van der Waals surface area contributed by atoms with Gasteiger partial charge < -0.3 is 15.5 Å². The number of hydrogen-bond acceptors (Lipinski definition) is 2. The fraction of sp³-hybridized carbons (Fsp3) is 0.278. The van der Waals surface area contributed by atoms with E-state index in [9.17, 15) is 18.0 Å². The third-order valence-corrected chi connectivity index (χ3v) is 3.92. The minimum Gasteiger partial charge on any atom is -0.375 e. The maximum Gasteiger partial charge on any atom is 0.418 e. The van der Waals surface area contributed by atoms with Gasteiger partial charge in [0.2, 0.25) is 0 Å². The zero-order chi connectivity index (χ0) is 19.2. The number of amides is 2. The number of hydrogen-bond donors (Lipinski definition) is 2. The molecule has 2 aromatic carbocycles. The van der Waals surface area contributed by atoms with Gasteiger partial charge in [-0.2, -0.15) is 13.2 Å². The number of carbonyl (C=O) groups excluding carboxylic acids is 1. The quantitative estimate of drug-likeness (QED) is 0.687. The van der Waals surface area contributed by atoms with Crippen LogP contribution in [0, 0.1) is 0 Å². The van der Waals surface area contributed by atoms with E-state index in [1.807, 2.05) is 42.3 Å². The van der Waals surface area contributed by atoms with Gasteiger partial charge in [-0.05, 0) is 36.8 Å². The highest BCUT2D eigenvalue weighted by molar-refractivity contribution is 6.30. The second kappa shape index (κ2) is 8.80. The van der Waals surface area contributed by atoms with E-state index >= 15 is 0 Å². The molecule has 26 heavy (non-hydrogen) atoms. The Hall–Kier alpha value is -2.41. The molecule has 8 heteroatoms. The van der Waals surface area contributed by atoms with Crippen LogP contribution in [0.25, 0.3) is 0 Å². The number of urea groups is 1. The first-order valence-corrected chi connectivity index (χ1v) is 8.33. The van der Waals surface area contributed by atoms with Gasteiger partial charge in [-0.1, -0.05) is 29.8 Å². The number of rotatable bonds is 6. The largest absolute Gasteiger partial charge is 0.418 e. The van der Waals surface area contributed by atoms with E-state index in [0.29, 0.717) is 19.5 Å². The number of halogens is 4. The molecule has 0 spiro atoms. The standard InChI is InChI=1S/C18H19ClF3N3O/c1-25(14-6-3-2-4-7-14)11-5-10-23-17(26)24-16-9-8-13(19)12-15(16)18(20,21)22/h2-4,6-9,12H,5,10-11H2,1H3,(H2,23,24,26). The monoisotopic (exact) mass is 385 g/mol. The molecule has 4 nitrogen and oxygen atoms in total. The Morgan fingerprint density at radius 1 is 1.15 bits per heavy atom. The summed E-state index contributed by atoms with van der Waals surface area (Å²) >= 11 is 5.61. The molecule has 0 saturated heterocycles.